The highest BCUT2D eigenvalue weighted by Gasteiger charge is 2.07. The van der Waals surface area contributed by atoms with Crippen LogP contribution in [0.15, 0.2) is 18.6 Å². The van der Waals surface area contributed by atoms with Gasteiger partial charge < -0.3 is 19.9 Å². The number of nitrogens with zero attached hydrogens (tertiary/aromatic N) is 2. The largest absolute Gasteiger partial charge is 0.389 e. The molecule has 0 aliphatic heterocycles. The van der Waals surface area contributed by atoms with E-state index >= 15 is 0 Å². The topological polar surface area (TPSA) is 76.5 Å². The van der Waals surface area contributed by atoms with Crippen LogP contribution in [0.3, 0.4) is 0 Å². The standard InChI is InChI=1S/C12H21N3O3/c1-10(7-17-2)18-8-12(16)6-14-5-11-3-4-13-9-15-11/h3-4,9-10,12,14,16H,5-8H2,1-2H3. The molecule has 0 fully saturated rings. The lowest BCUT2D eigenvalue weighted by atomic mass is 10.3. The van der Waals surface area contributed by atoms with E-state index in [1.165, 1.54) is 6.33 Å². The van der Waals surface area contributed by atoms with Crippen molar-refractivity contribution in [3.63, 3.8) is 0 Å². The number of ether oxygens (including phenoxy) is 2. The van der Waals surface area contributed by atoms with Crippen LogP contribution < -0.4 is 5.32 Å². The summed E-state index contributed by atoms with van der Waals surface area (Å²) in [5.41, 5.74) is 0.894. The minimum Gasteiger partial charge on any atom is -0.389 e. The van der Waals surface area contributed by atoms with Crippen molar-refractivity contribution in [1.29, 1.82) is 0 Å². The molecule has 0 bridgehead atoms. The summed E-state index contributed by atoms with van der Waals surface area (Å²) in [5, 5.41) is 12.8. The minimum atomic E-state index is -0.536. The maximum absolute atomic E-state index is 9.68. The normalized spacial score (nSPS) is 14.4. The lowest BCUT2D eigenvalue weighted by molar-refractivity contribution is -0.0311. The van der Waals surface area contributed by atoms with E-state index in [1.54, 1.807) is 13.3 Å². The van der Waals surface area contributed by atoms with E-state index in [9.17, 15) is 5.11 Å². The summed E-state index contributed by atoms with van der Waals surface area (Å²) in [6.45, 7) is 3.80. The fourth-order valence-electron chi connectivity index (χ4n) is 1.41. The van der Waals surface area contributed by atoms with E-state index in [2.05, 4.69) is 15.3 Å². The molecule has 0 saturated carbocycles. The molecule has 2 N–H and O–H groups in total. The van der Waals surface area contributed by atoms with Crippen LogP contribution in [0.25, 0.3) is 0 Å². The molecule has 18 heavy (non-hydrogen) atoms. The number of aliphatic hydroxyl groups is 1. The van der Waals surface area contributed by atoms with Crippen LogP contribution in [0.4, 0.5) is 0 Å². The highest BCUT2D eigenvalue weighted by molar-refractivity contribution is 4.96. The average Bonchev–Trinajstić information content (AvgIpc) is 2.38. The van der Waals surface area contributed by atoms with Gasteiger partial charge in [0.25, 0.3) is 0 Å². The number of hydrogen-bond acceptors (Lipinski definition) is 6. The molecule has 0 radical (unpaired) electrons. The van der Waals surface area contributed by atoms with Crippen molar-refractivity contribution in [3.8, 4) is 0 Å². The molecule has 2 atom stereocenters. The van der Waals surface area contributed by atoms with E-state index in [4.69, 9.17) is 9.47 Å². The summed E-state index contributed by atoms with van der Waals surface area (Å²) >= 11 is 0. The molecule has 102 valence electrons. The molecule has 0 aliphatic carbocycles. The zero-order valence-corrected chi connectivity index (χ0v) is 10.9. The van der Waals surface area contributed by atoms with Gasteiger partial charge in [0, 0.05) is 26.4 Å². The molecule has 2 unspecified atom stereocenters. The monoisotopic (exact) mass is 255 g/mol. The number of aliphatic hydroxyl groups excluding tert-OH is 1. The molecule has 0 saturated heterocycles. The first-order chi connectivity index (χ1) is 8.72. The van der Waals surface area contributed by atoms with Crippen molar-refractivity contribution >= 4 is 0 Å². The third kappa shape index (κ3) is 6.61. The maximum atomic E-state index is 9.68. The lowest BCUT2D eigenvalue weighted by Crippen LogP contribution is -2.32. The molecular formula is C12H21N3O3. The van der Waals surface area contributed by atoms with Gasteiger partial charge >= 0.3 is 0 Å². The Hall–Kier alpha value is -1.08. The van der Waals surface area contributed by atoms with Crippen LogP contribution in [-0.4, -0.2) is 54.2 Å². The van der Waals surface area contributed by atoms with E-state index in [-0.39, 0.29) is 6.10 Å². The Labute approximate surface area is 107 Å². The van der Waals surface area contributed by atoms with Gasteiger partial charge in [0.2, 0.25) is 0 Å². The third-order valence-electron chi connectivity index (χ3n) is 2.30. The Morgan fingerprint density at radius 2 is 2.28 bits per heavy atom. The van der Waals surface area contributed by atoms with Crippen molar-refractivity contribution in [2.24, 2.45) is 0 Å². The van der Waals surface area contributed by atoms with Gasteiger partial charge in [-0.2, -0.15) is 0 Å². The summed E-state index contributed by atoms with van der Waals surface area (Å²) < 4.78 is 10.3. The second-order valence-electron chi connectivity index (χ2n) is 4.08. The minimum absolute atomic E-state index is 0.00786. The molecule has 0 spiro atoms. The SMILES string of the molecule is COCC(C)OCC(O)CNCc1ccncn1. The predicted octanol–water partition coefficient (Wildman–Crippen LogP) is -0.0214. The van der Waals surface area contributed by atoms with Crippen LogP contribution in [0.2, 0.25) is 0 Å². The van der Waals surface area contributed by atoms with Crippen LogP contribution >= 0.6 is 0 Å². The van der Waals surface area contributed by atoms with Gasteiger partial charge in [-0.3, -0.25) is 0 Å². The maximum Gasteiger partial charge on any atom is 0.115 e. The van der Waals surface area contributed by atoms with Crippen LogP contribution in [-0.2, 0) is 16.0 Å². The lowest BCUT2D eigenvalue weighted by Gasteiger charge is -2.16. The first kappa shape index (κ1) is 15.0. The summed E-state index contributed by atoms with van der Waals surface area (Å²) in [5.74, 6) is 0. The highest BCUT2D eigenvalue weighted by atomic mass is 16.5. The number of nitrogens with one attached hydrogen (secondary N) is 1. The third-order valence-corrected chi connectivity index (χ3v) is 2.30. The molecule has 1 heterocycles. The summed E-state index contributed by atoms with van der Waals surface area (Å²) in [6, 6.07) is 1.83. The summed E-state index contributed by atoms with van der Waals surface area (Å²) in [6.07, 6.45) is 2.65. The van der Waals surface area contributed by atoms with Crippen molar-refractivity contribution in [1.82, 2.24) is 15.3 Å². The molecule has 0 aliphatic rings. The molecule has 0 aromatic carbocycles. The zero-order valence-electron chi connectivity index (χ0n) is 10.9. The Kier molecular flexibility index (Phi) is 7.43. The van der Waals surface area contributed by atoms with Crippen molar-refractivity contribution in [2.75, 3.05) is 26.9 Å². The number of rotatable bonds is 9. The summed E-state index contributed by atoms with van der Waals surface area (Å²) in [4.78, 5) is 7.91. The molecule has 1 aromatic rings. The first-order valence-electron chi connectivity index (χ1n) is 5.96. The van der Waals surface area contributed by atoms with Gasteiger partial charge in [0.1, 0.15) is 6.33 Å². The van der Waals surface area contributed by atoms with Crippen molar-refractivity contribution < 1.29 is 14.6 Å². The predicted molar refractivity (Wildman–Crippen MR) is 67.0 cm³/mol. The average molecular weight is 255 g/mol. The van der Waals surface area contributed by atoms with Crippen molar-refractivity contribution in [2.45, 2.75) is 25.7 Å². The second kappa shape index (κ2) is 8.93. The first-order valence-corrected chi connectivity index (χ1v) is 5.96. The van der Waals surface area contributed by atoms with Gasteiger partial charge in [0.15, 0.2) is 0 Å². The van der Waals surface area contributed by atoms with Gasteiger partial charge in [-0.25, -0.2) is 9.97 Å². The van der Waals surface area contributed by atoms with E-state index in [1.807, 2.05) is 13.0 Å². The molecule has 6 nitrogen and oxygen atoms in total. The van der Waals surface area contributed by atoms with Crippen LogP contribution in [0, 0.1) is 0 Å². The van der Waals surface area contributed by atoms with E-state index < -0.39 is 6.10 Å². The Morgan fingerprint density at radius 1 is 1.44 bits per heavy atom. The van der Waals surface area contributed by atoms with Gasteiger partial charge in [0.05, 0.1) is 31.1 Å². The van der Waals surface area contributed by atoms with Crippen molar-refractivity contribution in [3.05, 3.63) is 24.3 Å². The van der Waals surface area contributed by atoms with Crippen LogP contribution in [0.5, 0.6) is 0 Å². The molecule has 1 aromatic heterocycles. The zero-order chi connectivity index (χ0) is 13.2. The fraction of sp³-hybridized carbons (Fsp3) is 0.667. The molecular weight excluding hydrogens is 234 g/mol. The Bertz CT molecular complexity index is 311. The molecule has 0 amide bonds. The highest BCUT2D eigenvalue weighted by Crippen LogP contribution is 1.94. The fourth-order valence-corrected chi connectivity index (χ4v) is 1.41. The second-order valence-corrected chi connectivity index (χ2v) is 4.08. The number of hydrogen-bond donors (Lipinski definition) is 2. The number of aromatic nitrogens is 2. The molecule has 6 heteroatoms. The van der Waals surface area contributed by atoms with Gasteiger partial charge in [-0.05, 0) is 13.0 Å². The Balaban J connectivity index is 2.08. The quantitative estimate of drug-likeness (QED) is 0.646. The number of methoxy groups -OCH3 is 1. The van der Waals surface area contributed by atoms with E-state index in [0.29, 0.717) is 26.3 Å². The smallest absolute Gasteiger partial charge is 0.115 e. The van der Waals surface area contributed by atoms with Crippen LogP contribution in [0.1, 0.15) is 12.6 Å². The summed E-state index contributed by atoms with van der Waals surface area (Å²) in [7, 11) is 1.62. The van der Waals surface area contributed by atoms with Gasteiger partial charge in [-0.15, -0.1) is 0 Å². The van der Waals surface area contributed by atoms with Gasteiger partial charge in [-0.1, -0.05) is 0 Å². The Morgan fingerprint density at radius 3 is 2.94 bits per heavy atom. The molecule has 1 rings (SSSR count). The van der Waals surface area contributed by atoms with E-state index in [0.717, 1.165) is 5.69 Å².